The molecular weight excluding hydrogens is 178 g/mol. The maximum atomic E-state index is 5.89. The minimum Gasteiger partial charge on any atom is -0.381 e. The third kappa shape index (κ3) is 1.21. The average Bonchev–Trinajstić information content (AvgIpc) is 2.39. The van der Waals surface area contributed by atoms with Crippen LogP contribution in [0.25, 0.3) is 0 Å². The van der Waals surface area contributed by atoms with E-state index < -0.39 is 0 Å². The molecule has 4 nitrogen and oxygen atoms in total. The van der Waals surface area contributed by atoms with Crippen molar-refractivity contribution in [3.63, 3.8) is 0 Å². The molecule has 0 saturated heterocycles. The Labute approximate surface area is 85.1 Å². The summed E-state index contributed by atoms with van der Waals surface area (Å²) >= 11 is 0. The molecule has 1 fully saturated rings. The van der Waals surface area contributed by atoms with Gasteiger partial charge in [-0.05, 0) is 26.7 Å². The van der Waals surface area contributed by atoms with Gasteiger partial charge in [0.2, 0.25) is 0 Å². The number of nitrogens with zero attached hydrogens (tertiary/aromatic N) is 2. The van der Waals surface area contributed by atoms with Gasteiger partial charge in [-0.1, -0.05) is 0 Å². The molecule has 1 heterocycles. The largest absolute Gasteiger partial charge is 0.381 e. The van der Waals surface area contributed by atoms with Gasteiger partial charge >= 0.3 is 0 Å². The zero-order valence-corrected chi connectivity index (χ0v) is 9.16. The highest BCUT2D eigenvalue weighted by molar-refractivity contribution is 5.81. The highest BCUT2D eigenvalue weighted by atomic mass is 16.5. The Bertz CT molecular complexity index is 256. The van der Waals surface area contributed by atoms with Crippen molar-refractivity contribution in [2.75, 3.05) is 13.7 Å². The normalized spacial score (nSPS) is 36.4. The number of hydrogen-bond donors (Lipinski definition) is 1. The Balaban J connectivity index is 2.09. The zero-order valence-electron chi connectivity index (χ0n) is 9.16. The van der Waals surface area contributed by atoms with E-state index in [0.717, 1.165) is 19.4 Å². The van der Waals surface area contributed by atoms with Gasteiger partial charge in [0, 0.05) is 13.2 Å². The lowest BCUT2D eigenvalue weighted by atomic mass is 9.73. The number of methoxy groups -OCH3 is 1. The Morgan fingerprint density at radius 1 is 1.57 bits per heavy atom. The van der Waals surface area contributed by atoms with E-state index >= 15 is 0 Å². The Morgan fingerprint density at radius 3 is 2.71 bits per heavy atom. The Kier molecular flexibility index (Phi) is 2.18. The molecule has 0 radical (unpaired) electrons. The van der Waals surface area contributed by atoms with E-state index in [1.165, 1.54) is 0 Å². The molecule has 1 aliphatic carbocycles. The summed E-state index contributed by atoms with van der Waals surface area (Å²) in [6.07, 6.45) is 2.52. The molecular formula is C10H19N3O. The number of rotatable bonds is 2. The third-order valence-electron chi connectivity index (χ3n) is 3.36. The zero-order chi connectivity index (χ0) is 10.3. The van der Waals surface area contributed by atoms with Crippen LogP contribution < -0.4 is 5.73 Å². The molecule has 2 N–H and O–H groups in total. The summed E-state index contributed by atoms with van der Waals surface area (Å²) in [6.45, 7) is 5.17. The van der Waals surface area contributed by atoms with Gasteiger partial charge in [-0.3, -0.25) is 4.99 Å². The molecule has 2 rings (SSSR count). The van der Waals surface area contributed by atoms with Crippen LogP contribution in [-0.4, -0.2) is 42.2 Å². The number of guanidine groups is 1. The molecule has 4 heteroatoms. The Hall–Kier alpha value is -0.770. The summed E-state index contributed by atoms with van der Waals surface area (Å²) in [5, 5.41) is 0. The van der Waals surface area contributed by atoms with E-state index in [-0.39, 0.29) is 5.54 Å². The molecule has 0 aromatic carbocycles. The van der Waals surface area contributed by atoms with Crippen molar-refractivity contribution >= 4 is 5.96 Å². The Morgan fingerprint density at radius 2 is 2.21 bits per heavy atom. The fourth-order valence-corrected chi connectivity index (χ4v) is 2.72. The molecule has 0 aromatic rings. The van der Waals surface area contributed by atoms with E-state index in [1.54, 1.807) is 7.11 Å². The second kappa shape index (κ2) is 3.12. The van der Waals surface area contributed by atoms with Crippen LogP contribution in [0.5, 0.6) is 0 Å². The summed E-state index contributed by atoms with van der Waals surface area (Å²) in [6, 6.07) is 0.430. The maximum absolute atomic E-state index is 5.89. The van der Waals surface area contributed by atoms with Gasteiger partial charge in [0.25, 0.3) is 0 Å². The minimum absolute atomic E-state index is 0.179. The molecule has 1 spiro atoms. The summed E-state index contributed by atoms with van der Waals surface area (Å²) < 4.78 is 5.32. The molecule has 0 unspecified atom stereocenters. The molecule has 0 bridgehead atoms. The average molecular weight is 197 g/mol. The monoisotopic (exact) mass is 197 g/mol. The van der Waals surface area contributed by atoms with Crippen molar-refractivity contribution in [1.82, 2.24) is 4.90 Å². The van der Waals surface area contributed by atoms with E-state index in [9.17, 15) is 0 Å². The van der Waals surface area contributed by atoms with Crippen LogP contribution in [0, 0.1) is 0 Å². The topological polar surface area (TPSA) is 50.9 Å². The van der Waals surface area contributed by atoms with Crippen molar-refractivity contribution < 1.29 is 4.74 Å². The molecule has 1 saturated carbocycles. The first-order chi connectivity index (χ1) is 6.59. The second-order valence-corrected chi connectivity index (χ2v) is 4.63. The number of ether oxygens (including phenoxy) is 1. The lowest BCUT2D eigenvalue weighted by Gasteiger charge is -2.51. The van der Waals surface area contributed by atoms with Gasteiger partial charge in [0.05, 0.1) is 18.2 Å². The molecule has 0 amide bonds. The van der Waals surface area contributed by atoms with Crippen molar-refractivity contribution in [2.45, 2.75) is 44.4 Å². The predicted octanol–water partition coefficient (Wildman–Crippen LogP) is 0.573. The van der Waals surface area contributed by atoms with Crippen LogP contribution in [0.3, 0.4) is 0 Å². The van der Waals surface area contributed by atoms with Gasteiger partial charge < -0.3 is 15.4 Å². The number of aliphatic imine (C=N–C) groups is 1. The van der Waals surface area contributed by atoms with Crippen molar-refractivity contribution in [1.29, 1.82) is 0 Å². The van der Waals surface area contributed by atoms with E-state index in [4.69, 9.17) is 10.5 Å². The van der Waals surface area contributed by atoms with Gasteiger partial charge in [0.1, 0.15) is 0 Å². The first-order valence-corrected chi connectivity index (χ1v) is 5.21. The highest BCUT2D eigenvalue weighted by Crippen LogP contribution is 2.43. The maximum Gasteiger partial charge on any atom is 0.192 e. The van der Waals surface area contributed by atoms with Crippen molar-refractivity contribution in [3.8, 4) is 0 Å². The standard InChI is InChI=1S/C10H19N3O/c1-7(2)13-9(11)12-6-10(13)4-8(5-10)14-3/h7-8H,4-6H2,1-3H3,(H2,11,12). The third-order valence-corrected chi connectivity index (χ3v) is 3.36. The number of nitrogens with two attached hydrogens (primary N) is 1. The fraction of sp³-hybridized carbons (Fsp3) is 0.900. The van der Waals surface area contributed by atoms with Crippen LogP contribution in [0.2, 0.25) is 0 Å². The van der Waals surface area contributed by atoms with Crippen LogP contribution >= 0.6 is 0 Å². The van der Waals surface area contributed by atoms with Gasteiger partial charge in [-0.25, -0.2) is 0 Å². The van der Waals surface area contributed by atoms with Crippen LogP contribution in [0.15, 0.2) is 4.99 Å². The number of hydrogen-bond acceptors (Lipinski definition) is 4. The molecule has 14 heavy (non-hydrogen) atoms. The van der Waals surface area contributed by atoms with Crippen molar-refractivity contribution in [3.05, 3.63) is 0 Å². The minimum atomic E-state index is 0.179. The van der Waals surface area contributed by atoms with E-state index in [0.29, 0.717) is 18.1 Å². The van der Waals surface area contributed by atoms with E-state index in [1.807, 2.05) is 0 Å². The SMILES string of the molecule is COC1CC2(CN=C(N)N2C(C)C)C1. The van der Waals surface area contributed by atoms with Crippen molar-refractivity contribution in [2.24, 2.45) is 10.7 Å². The first kappa shape index (κ1) is 9.77. The molecule has 1 aliphatic heterocycles. The lowest BCUT2D eigenvalue weighted by molar-refractivity contribution is -0.0635. The molecule has 2 aliphatic rings. The second-order valence-electron chi connectivity index (χ2n) is 4.63. The van der Waals surface area contributed by atoms with Crippen LogP contribution in [0.1, 0.15) is 26.7 Å². The van der Waals surface area contributed by atoms with E-state index in [2.05, 4.69) is 23.7 Å². The molecule has 80 valence electrons. The summed E-state index contributed by atoms with van der Waals surface area (Å²) in [5.74, 6) is 0.703. The highest BCUT2D eigenvalue weighted by Gasteiger charge is 2.53. The van der Waals surface area contributed by atoms with Gasteiger partial charge in [-0.15, -0.1) is 0 Å². The smallest absolute Gasteiger partial charge is 0.192 e. The summed E-state index contributed by atoms with van der Waals surface area (Å²) in [7, 11) is 1.77. The molecule has 0 aromatic heterocycles. The van der Waals surface area contributed by atoms with Gasteiger partial charge in [-0.2, -0.15) is 0 Å². The first-order valence-electron chi connectivity index (χ1n) is 5.21. The quantitative estimate of drug-likeness (QED) is 0.704. The van der Waals surface area contributed by atoms with Crippen LogP contribution in [-0.2, 0) is 4.74 Å². The lowest BCUT2D eigenvalue weighted by Crippen LogP contribution is -2.63. The summed E-state index contributed by atoms with van der Waals surface area (Å²) in [4.78, 5) is 6.60. The fourth-order valence-electron chi connectivity index (χ4n) is 2.72. The molecule has 0 atom stereocenters. The van der Waals surface area contributed by atoms with Crippen LogP contribution in [0.4, 0.5) is 0 Å². The predicted molar refractivity (Wildman–Crippen MR) is 56.2 cm³/mol. The summed E-state index contributed by atoms with van der Waals surface area (Å²) in [5.41, 5.74) is 6.07. The van der Waals surface area contributed by atoms with Gasteiger partial charge in [0.15, 0.2) is 5.96 Å².